The Morgan fingerprint density at radius 1 is 1.26 bits per heavy atom. The lowest BCUT2D eigenvalue weighted by Crippen LogP contribution is -2.37. The van der Waals surface area contributed by atoms with Crippen molar-refractivity contribution in [3.8, 4) is 0 Å². The van der Waals surface area contributed by atoms with Crippen molar-refractivity contribution in [1.82, 2.24) is 10.3 Å². The number of aromatic nitrogens is 1. The molecule has 2 rings (SSSR count). The third-order valence-electron chi connectivity index (χ3n) is 3.13. The quantitative estimate of drug-likeness (QED) is 0.899. The predicted molar refractivity (Wildman–Crippen MR) is 91.1 cm³/mol. The number of hydrogen-bond donors (Lipinski definition) is 1. The maximum atomic E-state index is 11.9. The standard InChI is InChI=1S/C16H15Cl2N3O2/c1-11(22)21(15-5-4-13(17)9-14(15)18)8-7-20-16(23)12-3-2-6-19-10-12/h2-6,9-10H,7-8H2,1H3,(H,20,23). The Bertz CT molecular complexity index is 708. The molecule has 0 aliphatic carbocycles. The van der Waals surface area contributed by atoms with E-state index >= 15 is 0 Å². The van der Waals surface area contributed by atoms with Gasteiger partial charge < -0.3 is 10.2 Å². The zero-order valence-corrected chi connectivity index (χ0v) is 13.9. The molecule has 1 N–H and O–H groups in total. The molecule has 2 amide bonds. The van der Waals surface area contributed by atoms with E-state index in [1.165, 1.54) is 18.0 Å². The highest BCUT2D eigenvalue weighted by Gasteiger charge is 2.15. The lowest BCUT2D eigenvalue weighted by atomic mass is 10.2. The smallest absolute Gasteiger partial charge is 0.252 e. The second-order valence-electron chi connectivity index (χ2n) is 4.76. The number of amides is 2. The van der Waals surface area contributed by atoms with Crippen molar-refractivity contribution in [2.24, 2.45) is 0 Å². The molecule has 2 aromatic rings. The normalized spacial score (nSPS) is 10.2. The molecule has 0 aliphatic heterocycles. The number of rotatable bonds is 5. The van der Waals surface area contributed by atoms with Gasteiger partial charge in [-0.25, -0.2) is 0 Å². The van der Waals surface area contributed by atoms with Crippen LogP contribution in [0, 0.1) is 0 Å². The number of nitrogens with zero attached hydrogens (tertiary/aromatic N) is 2. The molecule has 1 aromatic carbocycles. The van der Waals surface area contributed by atoms with Crippen LogP contribution in [0.1, 0.15) is 17.3 Å². The average Bonchev–Trinajstić information content (AvgIpc) is 2.53. The highest BCUT2D eigenvalue weighted by atomic mass is 35.5. The summed E-state index contributed by atoms with van der Waals surface area (Å²) >= 11 is 12.0. The largest absolute Gasteiger partial charge is 0.350 e. The maximum Gasteiger partial charge on any atom is 0.252 e. The van der Waals surface area contributed by atoms with Gasteiger partial charge in [0.15, 0.2) is 0 Å². The van der Waals surface area contributed by atoms with E-state index in [-0.39, 0.29) is 18.4 Å². The molecule has 1 aromatic heterocycles. The molecule has 0 bridgehead atoms. The molecule has 0 spiro atoms. The van der Waals surface area contributed by atoms with E-state index in [2.05, 4.69) is 10.3 Å². The van der Waals surface area contributed by atoms with Crippen molar-refractivity contribution in [2.75, 3.05) is 18.0 Å². The fraction of sp³-hybridized carbons (Fsp3) is 0.188. The van der Waals surface area contributed by atoms with Gasteiger partial charge in [0, 0.05) is 37.4 Å². The molecule has 0 aliphatic rings. The van der Waals surface area contributed by atoms with E-state index in [1.807, 2.05) is 0 Å². The van der Waals surface area contributed by atoms with Crippen LogP contribution in [0.15, 0.2) is 42.7 Å². The van der Waals surface area contributed by atoms with Gasteiger partial charge in [0.25, 0.3) is 5.91 Å². The molecule has 0 saturated heterocycles. The minimum Gasteiger partial charge on any atom is -0.350 e. The van der Waals surface area contributed by atoms with Crippen molar-refractivity contribution >= 4 is 40.7 Å². The van der Waals surface area contributed by atoms with Crippen molar-refractivity contribution in [3.05, 3.63) is 58.3 Å². The fourth-order valence-corrected chi connectivity index (χ4v) is 2.54. The van der Waals surface area contributed by atoms with E-state index < -0.39 is 0 Å². The summed E-state index contributed by atoms with van der Waals surface area (Å²) in [4.78, 5) is 29.2. The molecular formula is C16H15Cl2N3O2. The van der Waals surface area contributed by atoms with E-state index in [1.54, 1.807) is 36.5 Å². The van der Waals surface area contributed by atoms with Gasteiger partial charge in [-0.1, -0.05) is 23.2 Å². The van der Waals surface area contributed by atoms with Crippen LogP contribution in [0.5, 0.6) is 0 Å². The first-order valence-corrected chi connectivity index (χ1v) is 7.66. The molecule has 0 radical (unpaired) electrons. The summed E-state index contributed by atoms with van der Waals surface area (Å²) in [5, 5.41) is 3.62. The summed E-state index contributed by atoms with van der Waals surface area (Å²) < 4.78 is 0. The van der Waals surface area contributed by atoms with Gasteiger partial charge in [-0.3, -0.25) is 14.6 Å². The third-order valence-corrected chi connectivity index (χ3v) is 3.66. The SMILES string of the molecule is CC(=O)N(CCNC(=O)c1cccnc1)c1ccc(Cl)cc1Cl. The van der Waals surface area contributed by atoms with Gasteiger partial charge in [0.2, 0.25) is 5.91 Å². The molecule has 23 heavy (non-hydrogen) atoms. The summed E-state index contributed by atoms with van der Waals surface area (Å²) in [5.74, 6) is -0.423. The zero-order chi connectivity index (χ0) is 16.8. The van der Waals surface area contributed by atoms with Crippen molar-refractivity contribution < 1.29 is 9.59 Å². The van der Waals surface area contributed by atoms with E-state index in [4.69, 9.17) is 23.2 Å². The molecule has 0 fully saturated rings. The van der Waals surface area contributed by atoms with Crippen LogP contribution < -0.4 is 10.2 Å². The molecule has 120 valence electrons. The maximum absolute atomic E-state index is 11.9. The number of carbonyl (C=O) groups is 2. The van der Waals surface area contributed by atoms with Crippen LogP contribution >= 0.6 is 23.2 Å². The molecule has 7 heteroatoms. The molecule has 0 atom stereocenters. The Morgan fingerprint density at radius 3 is 2.65 bits per heavy atom. The van der Waals surface area contributed by atoms with Crippen LogP contribution in [-0.4, -0.2) is 29.9 Å². The minimum atomic E-state index is -0.246. The zero-order valence-electron chi connectivity index (χ0n) is 12.4. The van der Waals surface area contributed by atoms with E-state index in [0.29, 0.717) is 27.8 Å². The van der Waals surface area contributed by atoms with E-state index in [9.17, 15) is 9.59 Å². The van der Waals surface area contributed by atoms with Gasteiger partial charge in [-0.05, 0) is 30.3 Å². The number of halogens is 2. The Labute approximate surface area is 144 Å². The summed E-state index contributed by atoms with van der Waals surface area (Å²) in [6, 6.07) is 8.26. The van der Waals surface area contributed by atoms with Gasteiger partial charge in [0.1, 0.15) is 0 Å². The number of anilines is 1. The Hall–Kier alpha value is -2.11. The second kappa shape index (κ2) is 7.94. The van der Waals surface area contributed by atoms with E-state index in [0.717, 1.165) is 0 Å². The van der Waals surface area contributed by atoms with Crippen LogP contribution in [-0.2, 0) is 4.79 Å². The summed E-state index contributed by atoms with van der Waals surface area (Å²) in [6.07, 6.45) is 3.07. The number of pyridine rings is 1. The first-order chi connectivity index (χ1) is 11.0. The molecule has 0 saturated carbocycles. The minimum absolute atomic E-state index is 0.176. The highest BCUT2D eigenvalue weighted by Crippen LogP contribution is 2.28. The number of benzene rings is 1. The third kappa shape index (κ3) is 4.68. The van der Waals surface area contributed by atoms with Crippen LogP contribution in [0.25, 0.3) is 0 Å². The Balaban J connectivity index is 2.01. The lowest BCUT2D eigenvalue weighted by Gasteiger charge is -2.22. The van der Waals surface area contributed by atoms with Crippen molar-refractivity contribution in [2.45, 2.75) is 6.92 Å². The van der Waals surface area contributed by atoms with Gasteiger partial charge >= 0.3 is 0 Å². The van der Waals surface area contributed by atoms with Crippen LogP contribution in [0.4, 0.5) is 5.69 Å². The van der Waals surface area contributed by atoms with Gasteiger partial charge in [0.05, 0.1) is 16.3 Å². The lowest BCUT2D eigenvalue weighted by molar-refractivity contribution is -0.116. The first-order valence-electron chi connectivity index (χ1n) is 6.90. The summed E-state index contributed by atoms with van der Waals surface area (Å²) in [6.45, 7) is 2.02. The summed E-state index contributed by atoms with van der Waals surface area (Å²) in [7, 11) is 0. The topological polar surface area (TPSA) is 62.3 Å². The predicted octanol–water partition coefficient (Wildman–Crippen LogP) is 3.17. The van der Waals surface area contributed by atoms with Crippen molar-refractivity contribution in [3.63, 3.8) is 0 Å². The number of carbonyl (C=O) groups excluding carboxylic acids is 2. The molecular weight excluding hydrogens is 337 g/mol. The molecule has 5 nitrogen and oxygen atoms in total. The number of nitrogens with one attached hydrogen (secondary N) is 1. The number of hydrogen-bond acceptors (Lipinski definition) is 3. The van der Waals surface area contributed by atoms with Gasteiger partial charge in [-0.2, -0.15) is 0 Å². The summed E-state index contributed by atoms with van der Waals surface area (Å²) in [5.41, 5.74) is 1.02. The van der Waals surface area contributed by atoms with Crippen molar-refractivity contribution in [1.29, 1.82) is 0 Å². The van der Waals surface area contributed by atoms with Crippen LogP contribution in [0.2, 0.25) is 10.0 Å². The van der Waals surface area contributed by atoms with Crippen LogP contribution in [0.3, 0.4) is 0 Å². The second-order valence-corrected chi connectivity index (χ2v) is 5.61. The highest BCUT2D eigenvalue weighted by molar-refractivity contribution is 6.36. The molecule has 0 unspecified atom stereocenters. The Morgan fingerprint density at radius 2 is 2.04 bits per heavy atom. The molecule has 1 heterocycles. The average molecular weight is 352 g/mol. The van der Waals surface area contributed by atoms with Gasteiger partial charge in [-0.15, -0.1) is 0 Å². The monoisotopic (exact) mass is 351 g/mol. The fourth-order valence-electron chi connectivity index (χ4n) is 2.03. The Kier molecular flexibility index (Phi) is 5.96. The first kappa shape index (κ1) is 17.2.